The largest absolute Gasteiger partial charge is 0.399 e. The lowest BCUT2D eigenvalue weighted by molar-refractivity contribution is -0.118. The lowest BCUT2D eigenvalue weighted by Crippen LogP contribution is -2.57. The van der Waals surface area contributed by atoms with Gasteiger partial charge in [-0.25, -0.2) is 0 Å². The quantitative estimate of drug-likeness (QED) is 0.579. The van der Waals surface area contributed by atoms with Crippen molar-refractivity contribution in [1.82, 2.24) is 0 Å². The van der Waals surface area contributed by atoms with Crippen LogP contribution < -0.4 is 0 Å². The zero-order valence-corrected chi connectivity index (χ0v) is 18.7. The number of ketones is 1. The summed E-state index contributed by atoms with van der Waals surface area (Å²) in [4.78, 5) is 12.0. The number of nitriles is 1. The molecule has 27 heavy (non-hydrogen) atoms. The Bertz CT molecular complexity index is 732. The van der Waals surface area contributed by atoms with Gasteiger partial charge in [-0.15, -0.1) is 0 Å². The lowest BCUT2D eigenvalue weighted by Gasteiger charge is -2.59. The van der Waals surface area contributed by atoms with Gasteiger partial charge >= 0.3 is 0 Å². The van der Waals surface area contributed by atoms with Crippen molar-refractivity contribution < 1.29 is 9.22 Å². The second-order valence-corrected chi connectivity index (χ2v) is 15.5. The summed E-state index contributed by atoms with van der Waals surface area (Å²) in [5.41, 5.74) is 1.01. The highest BCUT2D eigenvalue weighted by Crippen LogP contribution is 2.68. The van der Waals surface area contributed by atoms with E-state index in [1.807, 2.05) is 6.08 Å². The third-order valence-electron chi connectivity index (χ3n) is 8.74. The van der Waals surface area contributed by atoms with Gasteiger partial charge in [0.15, 0.2) is 14.1 Å². The van der Waals surface area contributed by atoms with Crippen LogP contribution in [0.25, 0.3) is 0 Å². The fourth-order valence-electron chi connectivity index (χ4n) is 7.45. The maximum Gasteiger partial charge on any atom is 0.185 e. The molecule has 0 aromatic rings. The highest BCUT2D eigenvalue weighted by atomic mass is 28.4. The van der Waals surface area contributed by atoms with Crippen molar-refractivity contribution in [1.29, 1.82) is 5.26 Å². The van der Waals surface area contributed by atoms with Gasteiger partial charge in [-0.1, -0.05) is 19.4 Å². The summed E-state index contributed by atoms with van der Waals surface area (Å²) in [6.45, 7) is 11.4. The molecule has 6 atom stereocenters. The predicted octanol–water partition coefficient (Wildman–Crippen LogP) is 5.63. The first-order valence-corrected chi connectivity index (χ1v) is 14.3. The Morgan fingerprint density at radius 2 is 1.78 bits per heavy atom. The van der Waals surface area contributed by atoms with E-state index >= 15 is 0 Å². The molecule has 0 aliphatic heterocycles. The molecule has 0 saturated heterocycles. The van der Waals surface area contributed by atoms with Gasteiger partial charge in [0.2, 0.25) is 0 Å². The predicted molar refractivity (Wildman–Crippen MR) is 109 cm³/mol. The zero-order valence-electron chi connectivity index (χ0n) is 17.7. The molecule has 0 N–H and O–H groups in total. The second-order valence-electron chi connectivity index (χ2n) is 11.1. The Labute approximate surface area is 165 Å². The summed E-state index contributed by atoms with van der Waals surface area (Å²) in [5.74, 6) is 2.27. The van der Waals surface area contributed by atoms with Crippen LogP contribution in [0.3, 0.4) is 0 Å². The van der Waals surface area contributed by atoms with E-state index in [1.54, 1.807) is 0 Å². The number of hydrogen-bond acceptors (Lipinski definition) is 3. The summed E-state index contributed by atoms with van der Waals surface area (Å²) in [5, 5.41) is 10.2. The van der Waals surface area contributed by atoms with E-state index in [1.165, 1.54) is 18.4 Å². The van der Waals surface area contributed by atoms with Gasteiger partial charge in [0.1, 0.15) is 5.60 Å². The summed E-state index contributed by atoms with van der Waals surface area (Å²) in [6.07, 6.45) is 10.3. The summed E-state index contributed by atoms with van der Waals surface area (Å²) < 4.78 is 6.66. The van der Waals surface area contributed by atoms with Crippen molar-refractivity contribution in [3.63, 3.8) is 0 Å². The Hall–Kier alpha value is -0.923. The second kappa shape index (κ2) is 6.04. The Morgan fingerprint density at radius 3 is 2.44 bits per heavy atom. The molecular weight excluding hydrogens is 350 g/mol. The van der Waals surface area contributed by atoms with Gasteiger partial charge in [0.25, 0.3) is 0 Å². The third-order valence-corrected chi connectivity index (χ3v) is 9.70. The minimum Gasteiger partial charge on any atom is -0.399 e. The zero-order chi connectivity index (χ0) is 19.7. The normalized spacial score (nSPS) is 46.7. The van der Waals surface area contributed by atoms with Crippen LogP contribution in [0.5, 0.6) is 0 Å². The van der Waals surface area contributed by atoms with Crippen LogP contribution in [0.2, 0.25) is 19.6 Å². The standard InChI is InChI=1S/C23H35NO2Si/c1-21-11-8-17(25)14-16(21)6-7-18-19(21)9-12-22(2)20(18)10-13-23(22,15-24)26-27(3,4)5/h14,18-20H,6-13H2,1-5H3/t18-,19+,20-,21-,22-,23-/m0/s1. The summed E-state index contributed by atoms with van der Waals surface area (Å²) in [7, 11) is -1.80. The van der Waals surface area contributed by atoms with Crippen LogP contribution in [-0.2, 0) is 9.22 Å². The molecule has 4 heteroatoms. The number of fused-ring (bicyclic) bond motifs is 5. The third kappa shape index (κ3) is 2.72. The van der Waals surface area contributed by atoms with Crippen molar-refractivity contribution in [2.24, 2.45) is 28.6 Å². The van der Waals surface area contributed by atoms with E-state index in [0.29, 0.717) is 30.0 Å². The number of rotatable bonds is 2. The molecule has 0 amide bonds. The molecule has 4 rings (SSSR count). The smallest absolute Gasteiger partial charge is 0.185 e. The Kier molecular flexibility index (Phi) is 4.34. The van der Waals surface area contributed by atoms with Crippen LogP contribution in [-0.4, -0.2) is 19.7 Å². The minimum absolute atomic E-state index is 0.0226. The molecule has 0 aromatic heterocycles. The molecule has 0 radical (unpaired) electrons. The van der Waals surface area contributed by atoms with E-state index in [2.05, 4.69) is 39.6 Å². The summed E-state index contributed by atoms with van der Waals surface area (Å²) >= 11 is 0. The SMILES string of the molecule is C[C@]12CCC(=O)C=C1CC[C@H]1[C@H]2CC[C@@]2(C)[C@H]1CC[C@@]2(C#N)O[Si](C)(C)C. The molecule has 148 valence electrons. The topological polar surface area (TPSA) is 50.1 Å². The molecule has 0 bridgehead atoms. The van der Waals surface area contributed by atoms with Crippen LogP contribution in [0, 0.1) is 39.9 Å². The van der Waals surface area contributed by atoms with E-state index in [4.69, 9.17) is 4.43 Å². The molecule has 3 saturated carbocycles. The number of hydrogen-bond donors (Lipinski definition) is 0. The number of nitrogens with zero attached hydrogens (tertiary/aromatic N) is 1. The average molecular weight is 386 g/mol. The highest BCUT2D eigenvalue weighted by molar-refractivity contribution is 6.69. The summed E-state index contributed by atoms with van der Waals surface area (Å²) in [6, 6.07) is 2.70. The fraction of sp³-hybridized carbons (Fsp3) is 0.826. The maximum absolute atomic E-state index is 12.0. The molecule has 0 unspecified atom stereocenters. The van der Waals surface area contributed by atoms with Crippen molar-refractivity contribution in [3.8, 4) is 6.07 Å². The van der Waals surface area contributed by atoms with Crippen LogP contribution in [0.15, 0.2) is 11.6 Å². The van der Waals surface area contributed by atoms with Gasteiger partial charge < -0.3 is 4.43 Å². The molecule has 4 aliphatic rings. The van der Waals surface area contributed by atoms with E-state index in [-0.39, 0.29) is 10.8 Å². The number of carbonyl (C=O) groups is 1. The van der Waals surface area contributed by atoms with Crippen LogP contribution >= 0.6 is 0 Å². The van der Waals surface area contributed by atoms with Gasteiger partial charge in [0.05, 0.1) is 6.07 Å². The Morgan fingerprint density at radius 1 is 1.07 bits per heavy atom. The maximum atomic E-state index is 12.0. The highest BCUT2D eigenvalue weighted by Gasteiger charge is 2.66. The van der Waals surface area contributed by atoms with Gasteiger partial charge in [-0.05, 0) is 93.8 Å². The van der Waals surface area contributed by atoms with Gasteiger partial charge in [0, 0.05) is 11.8 Å². The van der Waals surface area contributed by atoms with E-state index < -0.39 is 13.9 Å². The number of carbonyl (C=O) groups excluding carboxylic acids is 1. The molecule has 0 heterocycles. The van der Waals surface area contributed by atoms with Crippen molar-refractivity contribution >= 4 is 14.1 Å². The number of allylic oxidation sites excluding steroid dienone is 1. The first kappa shape index (κ1) is 19.4. The van der Waals surface area contributed by atoms with Crippen molar-refractivity contribution in [2.75, 3.05) is 0 Å². The van der Waals surface area contributed by atoms with Crippen LogP contribution in [0.4, 0.5) is 0 Å². The first-order chi connectivity index (χ1) is 12.5. The van der Waals surface area contributed by atoms with Crippen molar-refractivity contribution in [3.05, 3.63) is 11.6 Å². The fourth-order valence-corrected chi connectivity index (χ4v) is 8.88. The molecule has 0 spiro atoms. The van der Waals surface area contributed by atoms with Crippen LogP contribution in [0.1, 0.15) is 65.2 Å². The molecule has 3 fully saturated rings. The van der Waals surface area contributed by atoms with Crippen molar-refractivity contribution in [2.45, 2.75) is 90.5 Å². The molecule has 0 aromatic carbocycles. The van der Waals surface area contributed by atoms with Gasteiger partial charge in [-0.2, -0.15) is 5.26 Å². The first-order valence-electron chi connectivity index (χ1n) is 10.9. The molecular formula is C23H35NO2Si. The lowest BCUT2D eigenvalue weighted by atomic mass is 9.46. The average Bonchev–Trinajstić information content (AvgIpc) is 2.87. The molecule has 3 nitrogen and oxygen atoms in total. The van der Waals surface area contributed by atoms with Gasteiger partial charge in [-0.3, -0.25) is 4.79 Å². The monoisotopic (exact) mass is 385 g/mol. The Balaban J connectivity index is 1.68. The van der Waals surface area contributed by atoms with E-state index in [0.717, 1.165) is 32.1 Å². The van der Waals surface area contributed by atoms with E-state index in [9.17, 15) is 10.1 Å². The minimum atomic E-state index is -1.80. The molecule has 4 aliphatic carbocycles.